The molecule has 10 nitrogen and oxygen atoms in total. The average molecular weight is 565 g/mol. The van der Waals surface area contributed by atoms with Gasteiger partial charge in [-0.2, -0.15) is 0 Å². The van der Waals surface area contributed by atoms with Gasteiger partial charge < -0.3 is 29.3 Å². The van der Waals surface area contributed by atoms with Gasteiger partial charge in [0.25, 0.3) is 0 Å². The number of rotatable bonds is 7. The molecule has 0 aromatic heterocycles. The summed E-state index contributed by atoms with van der Waals surface area (Å²) >= 11 is 0. The summed E-state index contributed by atoms with van der Waals surface area (Å²) in [5, 5.41) is 10.2. The van der Waals surface area contributed by atoms with E-state index in [0.717, 1.165) is 18.8 Å². The normalized spacial score (nSPS) is 34.4. The minimum atomic E-state index is -1.33. The summed E-state index contributed by atoms with van der Waals surface area (Å²) in [6.45, 7) is 8.33. The Kier molecular flexibility index (Phi) is 7.52. The van der Waals surface area contributed by atoms with Crippen molar-refractivity contribution in [1.29, 1.82) is 0 Å². The predicted molar refractivity (Wildman–Crippen MR) is 152 cm³/mol. The lowest BCUT2D eigenvalue weighted by Crippen LogP contribution is -2.59. The number of benzene rings is 1. The molecule has 3 amide bonds. The van der Waals surface area contributed by atoms with Crippen molar-refractivity contribution in [2.24, 2.45) is 11.8 Å². The van der Waals surface area contributed by atoms with E-state index in [9.17, 15) is 19.5 Å². The molecule has 0 saturated carbocycles. The van der Waals surface area contributed by atoms with Crippen molar-refractivity contribution >= 4 is 23.4 Å². The molecule has 1 aromatic rings. The van der Waals surface area contributed by atoms with Gasteiger partial charge in [-0.25, -0.2) is 0 Å². The third kappa shape index (κ3) is 4.43. The number of carbonyl (C=O) groups is 3. The lowest BCUT2D eigenvalue weighted by molar-refractivity contribution is -0.155. The van der Waals surface area contributed by atoms with Gasteiger partial charge >= 0.3 is 0 Å². The summed E-state index contributed by atoms with van der Waals surface area (Å²) in [5.41, 5.74) is -1.62. The molecule has 3 fully saturated rings. The summed E-state index contributed by atoms with van der Waals surface area (Å²) in [5.74, 6) is -2.44. The van der Waals surface area contributed by atoms with Crippen LogP contribution in [0.4, 0.5) is 5.69 Å². The number of hydrogen-bond donors (Lipinski definition) is 1. The minimum Gasteiger partial charge on any atom is -0.394 e. The highest BCUT2D eigenvalue weighted by molar-refractivity contribution is 6.04. The Hall–Kier alpha value is -3.05. The minimum absolute atomic E-state index is 0.190. The molecule has 0 radical (unpaired) electrons. The van der Waals surface area contributed by atoms with Crippen LogP contribution in [0.15, 0.2) is 54.6 Å². The first-order valence-electron chi connectivity index (χ1n) is 14.8. The molecule has 6 rings (SSSR count). The van der Waals surface area contributed by atoms with Crippen LogP contribution < -0.4 is 4.90 Å². The van der Waals surface area contributed by atoms with E-state index in [1.807, 2.05) is 61.6 Å². The number of fused-ring (bicyclic) bond motifs is 2. The Balaban J connectivity index is 1.40. The zero-order valence-electron chi connectivity index (χ0n) is 23.9. The number of hydrogen-bond acceptors (Lipinski definition) is 7. The lowest BCUT2D eigenvalue weighted by Gasteiger charge is -2.40. The van der Waals surface area contributed by atoms with Crippen molar-refractivity contribution < 1.29 is 29.0 Å². The van der Waals surface area contributed by atoms with Gasteiger partial charge in [-0.3, -0.25) is 19.3 Å². The topological polar surface area (TPSA) is 103 Å². The number of ether oxygens (including phenoxy) is 2. The second-order valence-electron chi connectivity index (χ2n) is 11.7. The molecule has 3 saturated heterocycles. The van der Waals surface area contributed by atoms with Gasteiger partial charge in [0.2, 0.25) is 17.7 Å². The van der Waals surface area contributed by atoms with Crippen molar-refractivity contribution in [2.75, 3.05) is 64.0 Å². The fraction of sp³-hybridized carbons (Fsp3) is 0.581. The predicted octanol–water partition coefficient (Wildman–Crippen LogP) is 1.06. The first kappa shape index (κ1) is 28.1. The maximum atomic E-state index is 14.5. The number of para-hydroxylation sites is 1. The van der Waals surface area contributed by atoms with E-state index < -0.39 is 35.1 Å². The maximum absolute atomic E-state index is 14.5. The van der Waals surface area contributed by atoms with Gasteiger partial charge in [0.15, 0.2) is 0 Å². The molecule has 0 bridgehead atoms. The number of aliphatic hydroxyl groups is 1. The molecule has 41 heavy (non-hydrogen) atoms. The van der Waals surface area contributed by atoms with Crippen LogP contribution in [0.5, 0.6) is 0 Å². The second-order valence-corrected chi connectivity index (χ2v) is 11.7. The summed E-state index contributed by atoms with van der Waals surface area (Å²) in [6, 6.07) is 7.85. The number of likely N-dealkylation sites (tertiary alicyclic amines) is 1. The molecule has 10 heteroatoms. The molecule has 5 aliphatic heterocycles. The lowest BCUT2D eigenvalue weighted by atomic mass is 9.73. The number of aliphatic hydroxyl groups excluding tert-OH is 1. The Morgan fingerprint density at radius 1 is 0.951 bits per heavy atom. The van der Waals surface area contributed by atoms with Crippen molar-refractivity contribution in [3.05, 3.63) is 54.6 Å². The zero-order chi connectivity index (χ0) is 28.8. The van der Waals surface area contributed by atoms with E-state index in [1.54, 1.807) is 16.7 Å². The molecule has 1 spiro atoms. The largest absolute Gasteiger partial charge is 0.394 e. The summed E-state index contributed by atoms with van der Waals surface area (Å²) in [6.07, 6.45) is 8.14. The molecule has 1 aromatic carbocycles. The number of morpholine rings is 1. The van der Waals surface area contributed by atoms with E-state index in [1.165, 1.54) is 4.90 Å². The fourth-order valence-electron chi connectivity index (χ4n) is 7.44. The number of nitrogens with zero attached hydrogens (tertiary/aromatic N) is 4. The molecule has 0 aliphatic carbocycles. The molecule has 6 atom stereocenters. The van der Waals surface area contributed by atoms with Gasteiger partial charge in [-0.1, -0.05) is 49.4 Å². The molecule has 1 N–H and O–H groups in total. The first-order chi connectivity index (χ1) is 19.9. The zero-order valence-corrected chi connectivity index (χ0v) is 23.9. The summed E-state index contributed by atoms with van der Waals surface area (Å²) < 4.78 is 12.5. The Labute approximate surface area is 241 Å². The van der Waals surface area contributed by atoms with Crippen LogP contribution in [-0.2, 0) is 23.9 Å². The highest BCUT2D eigenvalue weighted by atomic mass is 16.5. The van der Waals surface area contributed by atoms with Gasteiger partial charge in [-0.05, 0) is 25.5 Å². The number of amides is 3. The third-order valence-corrected chi connectivity index (χ3v) is 9.56. The fourth-order valence-corrected chi connectivity index (χ4v) is 7.44. The average Bonchev–Trinajstić information content (AvgIpc) is 3.30. The molecule has 220 valence electrons. The van der Waals surface area contributed by atoms with Gasteiger partial charge in [0.1, 0.15) is 11.6 Å². The standard InChI is InChI=1S/C31H40N4O6/c1-3-30-11-7-14-34(23-9-5-4-6-10-23)27(37)24(30)25-28(38)35(22(2)21-36)26-29(39)33(13-8-12-31(25,26)41-30)16-15-32-17-19-40-20-18-32/h4-12,22,24-26,36H,3,13-21H2,1-2H3/t22-,24-,25+,26?,30+,31+/m1/s1. The van der Waals surface area contributed by atoms with Crippen LogP contribution >= 0.6 is 0 Å². The maximum Gasteiger partial charge on any atom is 0.249 e. The van der Waals surface area contributed by atoms with Crippen molar-refractivity contribution in [3.63, 3.8) is 0 Å². The van der Waals surface area contributed by atoms with Crippen molar-refractivity contribution in [1.82, 2.24) is 14.7 Å². The highest BCUT2D eigenvalue weighted by Gasteiger charge is 2.75. The molecular formula is C31H40N4O6. The molecule has 5 aliphatic rings. The van der Waals surface area contributed by atoms with Crippen LogP contribution in [0.2, 0.25) is 0 Å². The second kappa shape index (κ2) is 11.0. The van der Waals surface area contributed by atoms with Crippen LogP contribution in [0, 0.1) is 11.8 Å². The van der Waals surface area contributed by atoms with E-state index >= 15 is 0 Å². The van der Waals surface area contributed by atoms with Crippen molar-refractivity contribution in [3.8, 4) is 0 Å². The third-order valence-electron chi connectivity index (χ3n) is 9.56. The van der Waals surface area contributed by atoms with Crippen LogP contribution in [-0.4, -0.2) is 120 Å². The Bertz CT molecular complexity index is 1230. The molecule has 5 heterocycles. The smallest absolute Gasteiger partial charge is 0.249 e. The molecular weight excluding hydrogens is 524 g/mol. The van der Waals surface area contributed by atoms with E-state index in [-0.39, 0.29) is 24.3 Å². The van der Waals surface area contributed by atoms with E-state index in [0.29, 0.717) is 45.8 Å². The van der Waals surface area contributed by atoms with Gasteiger partial charge in [0.05, 0.1) is 43.3 Å². The number of carbonyl (C=O) groups excluding carboxylic acids is 3. The molecule has 1 unspecified atom stereocenters. The Morgan fingerprint density at radius 2 is 1.68 bits per heavy atom. The number of anilines is 1. The van der Waals surface area contributed by atoms with Crippen LogP contribution in [0.3, 0.4) is 0 Å². The Morgan fingerprint density at radius 3 is 2.39 bits per heavy atom. The summed E-state index contributed by atoms with van der Waals surface area (Å²) in [7, 11) is 0. The quantitative estimate of drug-likeness (QED) is 0.494. The van der Waals surface area contributed by atoms with Crippen LogP contribution in [0.1, 0.15) is 20.3 Å². The van der Waals surface area contributed by atoms with E-state index in [2.05, 4.69) is 4.90 Å². The highest BCUT2D eigenvalue weighted by Crippen LogP contribution is 2.59. The van der Waals surface area contributed by atoms with Gasteiger partial charge in [-0.15, -0.1) is 0 Å². The SMILES string of the molecule is CC[C@]12C=CCN(c3ccccc3)C(=O)[C@H]1[C@H]1C(=O)N([C@H](C)CO)C3C(=O)N(CCN4CCOCC4)CC=C[C@@]31O2. The van der Waals surface area contributed by atoms with Gasteiger partial charge in [0, 0.05) is 45.0 Å². The van der Waals surface area contributed by atoms with Crippen LogP contribution in [0.25, 0.3) is 0 Å². The summed E-state index contributed by atoms with van der Waals surface area (Å²) in [4.78, 5) is 50.6. The first-order valence-corrected chi connectivity index (χ1v) is 14.8. The van der Waals surface area contributed by atoms with Crippen molar-refractivity contribution in [2.45, 2.75) is 43.6 Å². The van der Waals surface area contributed by atoms with E-state index in [4.69, 9.17) is 9.47 Å². The monoisotopic (exact) mass is 564 g/mol.